The maximum atomic E-state index is 12.4. The van der Waals surface area contributed by atoms with Gasteiger partial charge in [-0.3, -0.25) is 4.79 Å². The quantitative estimate of drug-likeness (QED) is 0.509. The molecule has 26 heavy (non-hydrogen) atoms. The summed E-state index contributed by atoms with van der Waals surface area (Å²) in [6.45, 7) is -0.818. The van der Waals surface area contributed by atoms with Crippen LogP contribution in [0, 0.1) is 0 Å². The summed E-state index contributed by atoms with van der Waals surface area (Å²) in [6, 6.07) is 4.93. The van der Waals surface area contributed by atoms with Crippen LogP contribution in [0.2, 0.25) is 0 Å². The van der Waals surface area contributed by atoms with Crippen molar-refractivity contribution in [2.45, 2.75) is 58.1 Å². The van der Waals surface area contributed by atoms with Crippen LogP contribution in [0.25, 0.3) is 6.08 Å². The van der Waals surface area contributed by atoms with Gasteiger partial charge in [-0.1, -0.05) is 31.7 Å². The highest BCUT2D eigenvalue weighted by Crippen LogP contribution is 2.30. The van der Waals surface area contributed by atoms with Crippen molar-refractivity contribution in [2.75, 3.05) is 13.7 Å². The van der Waals surface area contributed by atoms with E-state index in [0.29, 0.717) is 12.2 Å². The number of amides is 1. The first-order valence-electron chi connectivity index (χ1n) is 9.17. The van der Waals surface area contributed by atoms with Crippen molar-refractivity contribution < 1.29 is 23.0 Å². The number of rotatable bonds is 7. The summed E-state index contributed by atoms with van der Waals surface area (Å²) >= 11 is 0. The standard InChI is InChI=1S/C20H27F2NO3/c1-3-25-18-14-15(10-12-17(18)26-20(21)22)11-13-19(24)23(2)16-8-6-4-5-7-9-16/h10-14,16,20H,3-9H2,1-2H3/b13-11+. The van der Waals surface area contributed by atoms with E-state index in [-0.39, 0.29) is 23.4 Å². The fourth-order valence-corrected chi connectivity index (χ4v) is 3.20. The van der Waals surface area contributed by atoms with Gasteiger partial charge in [0, 0.05) is 19.2 Å². The van der Waals surface area contributed by atoms with Gasteiger partial charge in [0.15, 0.2) is 11.5 Å². The van der Waals surface area contributed by atoms with Crippen LogP contribution in [0.5, 0.6) is 11.5 Å². The number of carbonyl (C=O) groups excluding carboxylic acids is 1. The second-order valence-corrected chi connectivity index (χ2v) is 6.45. The molecule has 0 spiro atoms. The van der Waals surface area contributed by atoms with Gasteiger partial charge in [-0.2, -0.15) is 8.78 Å². The first kappa shape index (κ1) is 20.2. The third kappa shape index (κ3) is 6.00. The lowest BCUT2D eigenvalue weighted by Gasteiger charge is -2.26. The zero-order chi connectivity index (χ0) is 18.9. The van der Waals surface area contributed by atoms with E-state index < -0.39 is 6.61 Å². The van der Waals surface area contributed by atoms with Crippen molar-refractivity contribution in [2.24, 2.45) is 0 Å². The number of nitrogens with zero attached hydrogens (tertiary/aromatic N) is 1. The molecule has 1 aliphatic rings. The fourth-order valence-electron chi connectivity index (χ4n) is 3.20. The first-order chi connectivity index (χ1) is 12.5. The van der Waals surface area contributed by atoms with E-state index in [1.807, 2.05) is 7.05 Å². The van der Waals surface area contributed by atoms with Gasteiger partial charge >= 0.3 is 6.61 Å². The molecule has 0 bridgehead atoms. The van der Waals surface area contributed by atoms with Crippen LogP contribution in [-0.4, -0.2) is 37.1 Å². The van der Waals surface area contributed by atoms with Crippen LogP contribution in [0.4, 0.5) is 8.78 Å². The third-order valence-corrected chi connectivity index (χ3v) is 4.62. The predicted octanol–water partition coefficient (Wildman–Crippen LogP) is 4.88. The molecule has 0 N–H and O–H groups in total. The zero-order valence-electron chi connectivity index (χ0n) is 15.4. The van der Waals surface area contributed by atoms with E-state index in [9.17, 15) is 13.6 Å². The second-order valence-electron chi connectivity index (χ2n) is 6.45. The number of benzene rings is 1. The summed E-state index contributed by atoms with van der Waals surface area (Å²) in [5, 5.41) is 0. The van der Waals surface area contributed by atoms with Gasteiger partial charge in [0.1, 0.15) is 0 Å². The lowest BCUT2D eigenvalue weighted by Crippen LogP contribution is -2.35. The molecule has 0 aliphatic heterocycles. The number of carbonyl (C=O) groups is 1. The summed E-state index contributed by atoms with van der Waals surface area (Å²) in [5.41, 5.74) is 0.692. The number of hydrogen-bond acceptors (Lipinski definition) is 3. The molecule has 1 amide bonds. The Labute approximate surface area is 153 Å². The van der Waals surface area contributed by atoms with Gasteiger partial charge in [-0.25, -0.2) is 0 Å². The number of halogens is 2. The molecule has 1 aliphatic carbocycles. The molecule has 0 heterocycles. The van der Waals surface area contributed by atoms with Crippen molar-refractivity contribution in [1.82, 2.24) is 4.90 Å². The van der Waals surface area contributed by atoms with E-state index in [4.69, 9.17) is 4.74 Å². The van der Waals surface area contributed by atoms with E-state index in [1.54, 1.807) is 30.0 Å². The highest BCUT2D eigenvalue weighted by Gasteiger charge is 2.19. The summed E-state index contributed by atoms with van der Waals surface area (Å²) in [5.74, 6) is 0.170. The van der Waals surface area contributed by atoms with Gasteiger partial charge in [-0.15, -0.1) is 0 Å². The molecular weight excluding hydrogens is 340 g/mol. The first-order valence-corrected chi connectivity index (χ1v) is 9.17. The molecule has 0 unspecified atom stereocenters. The zero-order valence-corrected chi connectivity index (χ0v) is 15.4. The molecule has 1 saturated carbocycles. The topological polar surface area (TPSA) is 38.8 Å². The van der Waals surface area contributed by atoms with Gasteiger partial charge < -0.3 is 14.4 Å². The van der Waals surface area contributed by atoms with E-state index in [0.717, 1.165) is 25.7 Å². The molecule has 4 nitrogen and oxygen atoms in total. The van der Waals surface area contributed by atoms with Crippen molar-refractivity contribution >= 4 is 12.0 Å². The molecule has 0 aromatic heterocycles. The van der Waals surface area contributed by atoms with E-state index in [1.165, 1.54) is 25.0 Å². The summed E-state index contributed by atoms with van der Waals surface area (Å²) in [4.78, 5) is 14.2. The monoisotopic (exact) mass is 367 g/mol. The molecular formula is C20H27F2NO3. The van der Waals surface area contributed by atoms with Crippen molar-refractivity contribution in [3.8, 4) is 11.5 Å². The Morgan fingerprint density at radius 1 is 1.23 bits per heavy atom. The molecule has 0 saturated heterocycles. The van der Waals surface area contributed by atoms with Gasteiger partial charge in [0.2, 0.25) is 5.91 Å². The predicted molar refractivity (Wildman–Crippen MR) is 97.5 cm³/mol. The van der Waals surface area contributed by atoms with Crippen molar-refractivity contribution in [3.05, 3.63) is 29.8 Å². The van der Waals surface area contributed by atoms with Gasteiger partial charge in [0.25, 0.3) is 0 Å². The van der Waals surface area contributed by atoms with Crippen LogP contribution >= 0.6 is 0 Å². The smallest absolute Gasteiger partial charge is 0.387 e. The molecule has 1 fully saturated rings. The Kier molecular flexibility index (Phi) is 7.88. The van der Waals surface area contributed by atoms with Crippen LogP contribution < -0.4 is 9.47 Å². The largest absolute Gasteiger partial charge is 0.490 e. The Bertz CT molecular complexity index is 611. The van der Waals surface area contributed by atoms with Crippen molar-refractivity contribution in [3.63, 3.8) is 0 Å². The number of hydrogen-bond donors (Lipinski definition) is 0. The summed E-state index contributed by atoms with van der Waals surface area (Å²) in [6.07, 6.45) is 10.1. The minimum absolute atomic E-state index is 0.0131. The normalized spacial score (nSPS) is 15.9. The second kappa shape index (κ2) is 10.1. The maximum Gasteiger partial charge on any atom is 0.387 e. The minimum Gasteiger partial charge on any atom is -0.490 e. The molecule has 2 rings (SSSR count). The summed E-state index contributed by atoms with van der Waals surface area (Å²) < 4.78 is 34.7. The molecule has 6 heteroatoms. The van der Waals surface area contributed by atoms with Crippen LogP contribution in [0.1, 0.15) is 51.0 Å². The molecule has 0 radical (unpaired) electrons. The number of likely N-dealkylation sites (N-methyl/N-ethyl adjacent to an activating group) is 1. The third-order valence-electron chi connectivity index (χ3n) is 4.62. The minimum atomic E-state index is -2.91. The molecule has 1 aromatic rings. The van der Waals surface area contributed by atoms with Crippen molar-refractivity contribution in [1.29, 1.82) is 0 Å². The van der Waals surface area contributed by atoms with Gasteiger partial charge in [0.05, 0.1) is 6.61 Å². The average molecular weight is 367 g/mol. The van der Waals surface area contributed by atoms with Crippen LogP contribution in [0.15, 0.2) is 24.3 Å². The van der Waals surface area contributed by atoms with E-state index in [2.05, 4.69) is 4.74 Å². The maximum absolute atomic E-state index is 12.4. The SMILES string of the molecule is CCOc1cc(/C=C/C(=O)N(C)C2CCCCCC2)ccc1OC(F)F. The van der Waals surface area contributed by atoms with Gasteiger partial charge in [-0.05, 0) is 43.5 Å². The van der Waals surface area contributed by atoms with Crippen LogP contribution in [0.3, 0.4) is 0 Å². The van der Waals surface area contributed by atoms with E-state index >= 15 is 0 Å². The lowest BCUT2D eigenvalue weighted by molar-refractivity contribution is -0.126. The Hall–Kier alpha value is -2.11. The highest BCUT2D eigenvalue weighted by atomic mass is 19.3. The lowest BCUT2D eigenvalue weighted by atomic mass is 10.1. The highest BCUT2D eigenvalue weighted by molar-refractivity contribution is 5.91. The molecule has 1 aromatic carbocycles. The Morgan fingerprint density at radius 2 is 1.92 bits per heavy atom. The Morgan fingerprint density at radius 3 is 2.54 bits per heavy atom. The average Bonchev–Trinajstić information content (AvgIpc) is 2.90. The number of alkyl halides is 2. The molecule has 144 valence electrons. The molecule has 0 atom stereocenters. The number of ether oxygens (including phenoxy) is 2. The Balaban J connectivity index is 2.05. The van der Waals surface area contributed by atoms with Crippen LogP contribution in [-0.2, 0) is 4.79 Å². The summed E-state index contributed by atoms with van der Waals surface area (Å²) in [7, 11) is 1.84. The fraction of sp³-hybridized carbons (Fsp3) is 0.550.